The van der Waals surface area contributed by atoms with Crippen LogP contribution in [0.5, 0.6) is 0 Å². The van der Waals surface area contributed by atoms with Crippen LogP contribution in [-0.4, -0.2) is 45.2 Å². The van der Waals surface area contributed by atoms with Crippen LogP contribution in [0, 0.1) is 5.92 Å². The molecule has 6 nitrogen and oxygen atoms in total. The van der Waals surface area contributed by atoms with Gasteiger partial charge in [-0.1, -0.05) is 6.42 Å². The number of ether oxygens (including phenoxy) is 1. The summed E-state index contributed by atoms with van der Waals surface area (Å²) in [6, 6.07) is 5.72. The fourth-order valence-corrected chi connectivity index (χ4v) is 3.63. The van der Waals surface area contributed by atoms with Crippen molar-refractivity contribution in [3.05, 3.63) is 23.8 Å². The number of carbonyl (C=O) groups excluding carboxylic acids is 2. The van der Waals surface area contributed by atoms with E-state index in [4.69, 9.17) is 4.74 Å². The predicted molar refractivity (Wildman–Crippen MR) is 107 cm³/mol. The van der Waals surface area contributed by atoms with Gasteiger partial charge in [-0.2, -0.15) is 0 Å². The van der Waals surface area contributed by atoms with E-state index in [2.05, 4.69) is 15.5 Å². The zero-order valence-electron chi connectivity index (χ0n) is 16.3. The first kappa shape index (κ1) is 19.7. The van der Waals surface area contributed by atoms with Crippen LogP contribution >= 0.6 is 0 Å². The lowest BCUT2D eigenvalue weighted by atomic mass is 9.85. The van der Waals surface area contributed by atoms with Crippen LogP contribution in [0.25, 0.3) is 0 Å². The van der Waals surface area contributed by atoms with E-state index < -0.39 is 0 Å². The first-order valence-corrected chi connectivity index (χ1v) is 10.2. The molecule has 6 heteroatoms. The molecule has 2 fully saturated rings. The quantitative estimate of drug-likeness (QED) is 0.687. The number of rotatable bonds is 8. The minimum atomic E-state index is -0.0913. The van der Waals surface area contributed by atoms with Gasteiger partial charge in [0.05, 0.1) is 5.56 Å². The molecule has 1 heterocycles. The van der Waals surface area contributed by atoms with E-state index in [0.29, 0.717) is 24.4 Å². The lowest BCUT2D eigenvalue weighted by Crippen LogP contribution is -2.33. The van der Waals surface area contributed by atoms with Gasteiger partial charge < -0.3 is 20.3 Å². The average molecular weight is 373 g/mol. The van der Waals surface area contributed by atoms with Gasteiger partial charge in [-0.25, -0.2) is 0 Å². The third-order valence-electron chi connectivity index (χ3n) is 5.49. The minimum Gasteiger partial charge on any atom is -0.385 e. The lowest BCUT2D eigenvalue weighted by Gasteiger charge is -2.31. The van der Waals surface area contributed by atoms with E-state index >= 15 is 0 Å². The number of methoxy groups -OCH3 is 1. The Morgan fingerprint density at radius 3 is 2.59 bits per heavy atom. The van der Waals surface area contributed by atoms with Crippen molar-refractivity contribution in [3.8, 4) is 0 Å². The fraction of sp³-hybridized carbons (Fsp3) is 0.619. The number of carbonyl (C=O) groups is 2. The Kier molecular flexibility index (Phi) is 7.10. The molecule has 1 aliphatic heterocycles. The second-order valence-corrected chi connectivity index (χ2v) is 7.50. The van der Waals surface area contributed by atoms with Gasteiger partial charge in [0.2, 0.25) is 5.91 Å². The van der Waals surface area contributed by atoms with Gasteiger partial charge in [0.1, 0.15) is 0 Å². The van der Waals surface area contributed by atoms with Crippen LogP contribution in [0.2, 0.25) is 0 Å². The molecule has 0 spiro atoms. The van der Waals surface area contributed by atoms with Gasteiger partial charge >= 0.3 is 0 Å². The SMILES string of the molecule is COCCCNC(=O)c1cc(NC(=O)C2CCC2)ccc1N1CCCCC1. The first-order valence-electron chi connectivity index (χ1n) is 10.2. The molecule has 148 valence electrons. The topological polar surface area (TPSA) is 70.7 Å². The minimum absolute atomic E-state index is 0.0680. The molecule has 2 aliphatic rings. The maximum Gasteiger partial charge on any atom is 0.253 e. The van der Waals surface area contributed by atoms with Gasteiger partial charge in [-0.15, -0.1) is 0 Å². The van der Waals surface area contributed by atoms with Gasteiger partial charge in [0.25, 0.3) is 5.91 Å². The highest BCUT2D eigenvalue weighted by Gasteiger charge is 2.26. The molecule has 27 heavy (non-hydrogen) atoms. The molecule has 1 aromatic rings. The largest absolute Gasteiger partial charge is 0.385 e. The van der Waals surface area contributed by atoms with E-state index in [0.717, 1.165) is 57.3 Å². The smallest absolute Gasteiger partial charge is 0.253 e. The van der Waals surface area contributed by atoms with E-state index in [1.165, 1.54) is 6.42 Å². The standard InChI is InChI=1S/C21H31N3O3/c1-27-14-6-11-22-21(26)18-15-17(23-20(25)16-7-5-8-16)9-10-19(18)24-12-3-2-4-13-24/h9-10,15-16H,2-8,11-14H2,1H3,(H,22,26)(H,23,25). The molecule has 1 aromatic carbocycles. The molecule has 0 unspecified atom stereocenters. The summed E-state index contributed by atoms with van der Waals surface area (Å²) in [6.45, 7) is 3.14. The third kappa shape index (κ3) is 5.22. The molecule has 2 N–H and O–H groups in total. The molecule has 0 bridgehead atoms. The van der Waals surface area contributed by atoms with Crippen LogP contribution in [0.15, 0.2) is 18.2 Å². The second-order valence-electron chi connectivity index (χ2n) is 7.50. The van der Waals surface area contributed by atoms with Crippen molar-refractivity contribution in [2.75, 3.05) is 43.6 Å². The summed E-state index contributed by atoms with van der Waals surface area (Å²) < 4.78 is 5.04. The number of nitrogens with zero attached hydrogens (tertiary/aromatic N) is 1. The first-order chi connectivity index (χ1) is 13.2. The molecule has 2 amide bonds. The Morgan fingerprint density at radius 2 is 1.93 bits per heavy atom. The van der Waals surface area contributed by atoms with Crippen LogP contribution < -0.4 is 15.5 Å². The number of hydrogen-bond donors (Lipinski definition) is 2. The Bertz CT molecular complexity index is 652. The molecular weight excluding hydrogens is 342 g/mol. The number of amides is 2. The summed E-state index contributed by atoms with van der Waals surface area (Å²) in [5.41, 5.74) is 2.30. The molecule has 3 rings (SSSR count). The van der Waals surface area contributed by atoms with Crippen molar-refractivity contribution in [2.24, 2.45) is 5.92 Å². The summed E-state index contributed by atoms with van der Waals surface area (Å²) in [5, 5.41) is 5.97. The maximum atomic E-state index is 12.8. The normalized spacial score (nSPS) is 17.3. The van der Waals surface area contributed by atoms with Gasteiger partial charge in [-0.05, 0) is 56.7 Å². The van der Waals surface area contributed by atoms with E-state index in [1.807, 2.05) is 18.2 Å². The number of nitrogens with one attached hydrogen (secondary N) is 2. The van der Waals surface area contributed by atoms with Crippen molar-refractivity contribution in [2.45, 2.75) is 44.9 Å². The van der Waals surface area contributed by atoms with Crippen LogP contribution in [0.4, 0.5) is 11.4 Å². The predicted octanol–water partition coefficient (Wildman–Crippen LogP) is 3.18. The zero-order chi connectivity index (χ0) is 19.1. The highest BCUT2D eigenvalue weighted by Crippen LogP contribution is 2.30. The zero-order valence-corrected chi connectivity index (χ0v) is 16.3. The van der Waals surface area contributed by atoms with Gasteiger partial charge in [0, 0.05) is 50.6 Å². The number of anilines is 2. The van der Waals surface area contributed by atoms with Crippen molar-refractivity contribution < 1.29 is 14.3 Å². The fourth-order valence-electron chi connectivity index (χ4n) is 3.63. The molecular formula is C21H31N3O3. The Morgan fingerprint density at radius 1 is 1.15 bits per heavy atom. The number of benzene rings is 1. The van der Waals surface area contributed by atoms with E-state index in [-0.39, 0.29) is 17.7 Å². The Balaban J connectivity index is 1.74. The van der Waals surface area contributed by atoms with Crippen LogP contribution in [-0.2, 0) is 9.53 Å². The lowest BCUT2D eigenvalue weighted by molar-refractivity contribution is -0.122. The van der Waals surface area contributed by atoms with Gasteiger partial charge in [-0.3, -0.25) is 9.59 Å². The highest BCUT2D eigenvalue weighted by molar-refractivity contribution is 6.02. The van der Waals surface area contributed by atoms with E-state index in [1.54, 1.807) is 7.11 Å². The number of hydrogen-bond acceptors (Lipinski definition) is 4. The number of piperidine rings is 1. The van der Waals surface area contributed by atoms with Crippen molar-refractivity contribution in [1.82, 2.24) is 5.32 Å². The summed E-state index contributed by atoms with van der Waals surface area (Å²) in [4.78, 5) is 27.4. The maximum absolute atomic E-state index is 12.8. The Labute approximate surface area is 161 Å². The van der Waals surface area contributed by atoms with E-state index in [9.17, 15) is 9.59 Å². The molecule has 0 radical (unpaired) electrons. The molecule has 0 aromatic heterocycles. The van der Waals surface area contributed by atoms with Crippen molar-refractivity contribution in [1.29, 1.82) is 0 Å². The summed E-state index contributed by atoms with van der Waals surface area (Å²) in [5.74, 6) is 0.0999. The molecule has 1 saturated carbocycles. The van der Waals surface area contributed by atoms with Crippen molar-refractivity contribution in [3.63, 3.8) is 0 Å². The van der Waals surface area contributed by atoms with Crippen LogP contribution in [0.1, 0.15) is 55.3 Å². The van der Waals surface area contributed by atoms with Crippen molar-refractivity contribution >= 4 is 23.2 Å². The van der Waals surface area contributed by atoms with Gasteiger partial charge in [0.15, 0.2) is 0 Å². The summed E-state index contributed by atoms with van der Waals surface area (Å²) in [6.07, 6.45) is 7.37. The highest BCUT2D eigenvalue weighted by atomic mass is 16.5. The Hall–Kier alpha value is -2.08. The molecule has 1 saturated heterocycles. The second kappa shape index (κ2) is 9.74. The van der Waals surface area contributed by atoms with Crippen LogP contribution in [0.3, 0.4) is 0 Å². The molecule has 1 aliphatic carbocycles. The third-order valence-corrected chi connectivity index (χ3v) is 5.49. The monoisotopic (exact) mass is 373 g/mol. The summed E-state index contributed by atoms with van der Waals surface area (Å²) >= 11 is 0. The molecule has 0 atom stereocenters. The average Bonchev–Trinajstić information content (AvgIpc) is 2.64. The summed E-state index contributed by atoms with van der Waals surface area (Å²) in [7, 11) is 1.66.